The van der Waals surface area contributed by atoms with E-state index in [2.05, 4.69) is 10.4 Å². The van der Waals surface area contributed by atoms with Crippen LogP contribution in [0.1, 0.15) is 16.9 Å². The van der Waals surface area contributed by atoms with Gasteiger partial charge in [0.15, 0.2) is 5.69 Å². The minimum absolute atomic E-state index is 0.0812. The van der Waals surface area contributed by atoms with Crippen molar-refractivity contribution in [3.8, 4) is 5.69 Å². The summed E-state index contributed by atoms with van der Waals surface area (Å²) in [4.78, 5) is 26.7. The zero-order valence-corrected chi connectivity index (χ0v) is 16.3. The molecule has 0 radical (unpaired) electrons. The number of amides is 1. The van der Waals surface area contributed by atoms with E-state index in [0.29, 0.717) is 22.9 Å². The van der Waals surface area contributed by atoms with Crippen molar-refractivity contribution < 1.29 is 18.0 Å². The molecule has 0 spiro atoms. The lowest BCUT2D eigenvalue weighted by Gasteiger charge is -2.18. The molecule has 0 fully saturated rings. The molecule has 6 nitrogen and oxygen atoms in total. The minimum atomic E-state index is -4.26. The number of aromatic nitrogens is 2. The van der Waals surface area contributed by atoms with E-state index in [1.165, 1.54) is 11.7 Å². The maximum absolute atomic E-state index is 12.8. The standard InChI is InChI=1S/C21H21F3N4O2/c1-27(14-21(22,23)24)13-7-12-25-19(29)18-16-10-5-6-11-17(16)20(30)28(26-18)15-8-3-2-4-9-15/h2-6,8-11H,7,12-14H2,1H3,(H,25,29). The number of carbonyl (C=O) groups is 1. The summed E-state index contributed by atoms with van der Waals surface area (Å²) < 4.78 is 38.3. The molecular weight excluding hydrogens is 397 g/mol. The molecule has 0 saturated carbocycles. The van der Waals surface area contributed by atoms with Gasteiger partial charge in [-0.25, -0.2) is 0 Å². The minimum Gasteiger partial charge on any atom is -0.351 e. The van der Waals surface area contributed by atoms with E-state index < -0.39 is 18.6 Å². The summed E-state index contributed by atoms with van der Waals surface area (Å²) in [6.45, 7) is -0.645. The van der Waals surface area contributed by atoms with E-state index in [4.69, 9.17) is 0 Å². The molecule has 3 rings (SSSR count). The highest BCUT2D eigenvalue weighted by molar-refractivity contribution is 6.04. The Bertz CT molecular complexity index is 1080. The number of hydrogen-bond donors (Lipinski definition) is 1. The predicted octanol–water partition coefficient (Wildman–Crippen LogP) is 3.00. The van der Waals surface area contributed by atoms with Crippen LogP contribution in [0.2, 0.25) is 0 Å². The smallest absolute Gasteiger partial charge is 0.351 e. The molecule has 0 atom stereocenters. The Kier molecular flexibility index (Phi) is 6.51. The molecule has 0 aliphatic rings. The predicted molar refractivity (Wildman–Crippen MR) is 108 cm³/mol. The molecule has 1 heterocycles. The third kappa shape index (κ3) is 5.24. The molecule has 1 N–H and O–H groups in total. The summed E-state index contributed by atoms with van der Waals surface area (Å²) in [5.41, 5.74) is 0.260. The number of hydrogen-bond acceptors (Lipinski definition) is 4. The summed E-state index contributed by atoms with van der Waals surface area (Å²) in [6.07, 6.45) is -3.92. The van der Waals surface area contributed by atoms with Gasteiger partial charge in [0.2, 0.25) is 0 Å². The summed E-state index contributed by atoms with van der Waals surface area (Å²) in [6, 6.07) is 15.4. The van der Waals surface area contributed by atoms with Crippen molar-refractivity contribution >= 4 is 16.7 Å². The first-order chi connectivity index (χ1) is 14.3. The van der Waals surface area contributed by atoms with Crippen LogP contribution in [0.5, 0.6) is 0 Å². The topological polar surface area (TPSA) is 67.2 Å². The number of halogens is 3. The molecule has 2 aromatic carbocycles. The van der Waals surface area contributed by atoms with Gasteiger partial charge < -0.3 is 5.32 Å². The van der Waals surface area contributed by atoms with Gasteiger partial charge in [-0.2, -0.15) is 23.0 Å². The van der Waals surface area contributed by atoms with Crippen LogP contribution >= 0.6 is 0 Å². The molecule has 0 aliphatic carbocycles. The highest BCUT2D eigenvalue weighted by Gasteiger charge is 2.28. The van der Waals surface area contributed by atoms with E-state index in [1.54, 1.807) is 54.6 Å². The lowest BCUT2D eigenvalue weighted by molar-refractivity contribution is -0.143. The number of alkyl halides is 3. The molecule has 0 aliphatic heterocycles. The molecule has 158 valence electrons. The second kappa shape index (κ2) is 9.08. The highest BCUT2D eigenvalue weighted by Crippen LogP contribution is 2.16. The van der Waals surface area contributed by atoms with Gasteiger partial charge in [0, 0.05) is 11.9 Å². The van der Waals surface area contributed by atoms with Gasteiger partial charge in [0.25, 0.3) is 11.5 Å². The molecule has 1 aromatic heterocycles. The van der Waals surface area contributed by atoms with Crippen molar-refractivity contribution in [3.63, 3.8) is 0 Å². The quantitative estimate of drug-likeness (QED) is 0.599. The van der Waals surface area contributed by atoms with E-state index in [0.717, 1.165) is 4.90 Å². The van der Waals surface area contributed by atoms with Crippen LogP contribution in [0.15, 0.2) is 59.4 Å². The normalized spacial score (nSPS) is 11.8. The van der Waals surface area contributed by atoms with E-state index >= 15 is 0 Å². The number of rotatable bonds is 7. The number of nitrogens with zero attached hydrogens (tertiary/aromatic N) is 3. The Morgan fingerprint density at radius 1 is 1.07 bits per heavy atom. The summed E-state index contributed by atoms with van der Waals surface area (Å²) in [7, 11) is 1.38. The lowest BCUT2D eigenvalue weighted by atomic mass is 10.1. The Morgan fingerprint density at radius 3 is 2.37 bits per heavy atom. The van der Waals surface area contributed by atoms with Gasteiger partial charge in [-0.3, -0.25) is 14.5 Å². The van der Waals surface area contributed by atoms with Gasteiger partial charge in [0.1, 0.15) is 0 Å². The third-order valence-electron chi connectivity index (χ3n) is 4.47. The average molecular weight is 418 g/mol. The third-order valence-corrected chi connectivity index (χ3v) is 4.47. The highest BCUT2D eigenvalue weighted by atomic mass is 19.4. The zero-order valence-electron chi connectivity index (χ0n) is 16.3. The molecule has 3 aromatic rings. The molecule has 0 bridgehead atoms. The van der Waals surface area contributed by atoms with Crippen LogP contribution in [0.25, 0.3) is 16.5 Å². The van der Waals surface area contributed by atoms with Crippen LogP contribution in [-0.4, -0.2) is 53.4 Å². The van der Waals surface area contributed by atoms with Crippen molar-refractivity contribution in [1.82, 2.24) is 20.0 Å². The van der Waals surface area contributed by atoms with Gasteiger partial charge >= 0.3 is 6.18 Å². The molecule has 9 heteroatoms. The Labute approximate surface area is 170 Å². The second-order valence-electron chi connectivity index (χ2n) is 6.91. The van der Waals surface area contributed by atoms with Gasteiger partial charge in [0.05, 0.1) is 17.6 Å². The molecule has 30 heavy (non-hydrogen) atoms. The van der Waals surface area contributed by atoms with Crippen LogP contribution in [0.4, 0.5) is 13.2 Å². The molecule has 0 saturated heterocycles. The van der Waals surface area contributed by atoms with Crippen molar-refractivity contribution in [2.45, 2.75) is 12.6 Å². The fourth-order valence-electron chi connectivity index (χ4n) is 3.12. The first kappa shape index (κ1) is 21.5. The number of carbonyl (C=O) groups excluding carboxylic acids is 1. The van der Waals surface area contributed by atoms with Crippen LogP contribution in [-0.2, 0) is 0 Å². The van der Waals surface area contributed by atoms with E-state index in [1.807, 2.05) is 0 Å². The maximum atomic E-state index is 12.8. The van der Waals surface area contributed by atoms with E-state index in [-0.39, 0.29) is 24.3 Å². The summed E-state index contributed by atoms with van der Waals surface area (Å²) in [5.74, 6) is -0.491. The lowest BCUT2D eigenvalue weighted by Crippen LogP contribution is -2.34. The van der Waals surface area contributed by atoms with Gasteiger partial charge in [-0.1, -0.05) is 36.4 Å². The van der Waals surface area contributed by atoms with Crippen LogP contribution in [0.3, 0.4) is 0 Å². The second-order valence-corrected chi connectivity index (χ2v) is 6.91. The Hall–Kier alpha value is -3.20. The zero-order chi connectivity index (χ0) is 21.7. The van der Waals surface area contributed by atoms with Crippen molar-refractivity contribution in [2.75, 3.05) is 26.7 Å². The number of fused-ring (bicyclic) bond motifs is 1. The number of para-hydroxylation sites is 1. The van der Waals surface area contributed by atoms with Crippen molar-refractivity contribution in [1.29, 1.82) is 0 Å². The first-order valence-electron chi connectivity index (χ1n) is 9.37. The summed E-state index contributed by atoms with van der Waals surface area (Å²) in [5, 5.41) is 7.72. The molecule has 0 unspecified atom stereocenters. The molecule has 1 amide bonds. The number of nitrogens with one attached hydrogen (secondary N) is 1. The maximum Gasteiger partial charge on any atom is 0.401 e. The Morgan fingerprint density at radius 2 is 1.70 bits per heavy atom. The number of benzene rings is 2. The Balaban J connectivity index is 1.79. The van der Waals surface area contributed by atoms with Crippen LogP contribution < -0.4 is 10.9 Å². The van der Waals surface area contributed by atoms with E-state index in [9.17, 15) is 22.8 Å². The fraction of sp³-hybridized carbons (Fsp3) is 0.286. The van der Waals surface area contributed by atoms with Crippen LogP contribution in [0, 0.1) is 0 Å². The SMILES string of the molecule is CN(CCCNC(=O)c1nn(-c2ccccc2)c(=O)c2ccccc12)CC(F)(F)F. The van der Waals surface area contributed by atoms with Gasteiger partial charge in [-0.15, -0.1) is 0 Å². The average Bonchev–Trinajstić information content (AvgIpc) is 2.71. The fourth-order valence-corrected chi connectivity index (χ4v) is 3.12. The van der Waals surface area contributed by atoms with Crippen molar-refractivity contribution in [3.05, 3.63) is 70.6 Å². The largest absolute Gasteiger partial charge is 0.401 e. The molecular formula is C21H21F3N4O2. The monoisotopic (exact) mass is 418 g/mol. The van der Waals surface area contributed by atoms with Crippen molar-refractivity contribution in [2.24, 2.45) is 0 Å². The first-order valence-corrected chi connectivity index (χ1v) is 9.37. The summed E-state index contributed by atoms with van der Waals surface area (Å²) >= 11 is 0. The van der Waals surface area contributed by atoms with Gasteiger partial charge in [-0.05, 0) is 38.2 Å².